The average molecular weight is 472 g/mol. The number of rotatable bonds is 8. The van der Waals surface area contributed by atoms with Crippen molar-refractivity contribution in [3.8, 4) is 0 Å². The number of thiazole rings is 1. The van der Waals surface area contributed by atoms with Crippen molar-refractivity contribution in [3.05, 3.63) is 80.2 Å². The van der Waals surface area contributed by atoms with Crippen LogP contribution in [0.3, 0.4) is 0 Å². The summed E-state index contributed by atoms with van der Waals surface area (Å²) in [6, 6.07) is 14.1. The summed E-state index contributed by atoms with van der Waals surface area (Å²) in [4.78, 5) is 29.2. The van der Waals surface area contributed by atoms with Gasteiger partial charge < -0.3 is 10.6 Å². The number of aromatic nitrogens is 1. The molecule has 0 aliphatic rings. The van der Waals surface area contributed by atoms with Crippen LogP contribution in [0.1, 0.15) is 44.3 Å². The third-order valence-electron chi connectivity index (χ3n) is 4.24. The second-order valence-corrected chi connectivity index (χ2v) is 8.50. The van der Waals surface area contributed by atoms with Crippen molar-refractivity contribution in [3.63, 3.8) is 0 Å². The fourth-order valence-electron chi connectivity index (χ4n) is 2.79. The predicted octanol–water partition coefficient (Wildman–Crippen LogP) is 5.22. The van der Waals surface area contributed by atoms with Gasteiger partial charge in [0.1, 0.15) is 0 Å². The topological polar surface area (TPSA) is 71.1 Å². The number of halogens is 1. The molecule has 2 N–H and O–H groups in total. The molecule has 7 heteroatoms. The number of carbonyl (C=O) groups is 2. The standard InChI is InChI=1S/C22H22BrN3O2S/c1-15-14-29-20(25-15)10-2-3-11-24-21(27)17-7-5-9-19(13-17)26-22(28)16-6-4-8-18(23)12-16/h4-9,12-14H,2-3,10-11H2,1H3,(H,24,27)(H,26,28). The van der Waals surface area contributed by atoms with Crippen molar-refractivity contribution in [2.75, 3.05) is 11.9 Å². The van der Waals surface area contributed by atoms with Crippen LogP contribution in [0.5, 0.6) is 0 Å². The quantitative estimate of drug-likeness (QED) is 0.442. The molecule has 0 aliphatic carbocycles. The minimum atomic E-state index is -0.221. The van der Waals surface area contributed by atoms with Crippen LogP contribution in [-0.4, -0.2) is 23.3 Å². The van der Waals surface area contributed by atoms with Gasteiger partial charge in [0.2, 0.25) is 0 Å². The summed E-state index contributed by atoms with van der Waals surface area (Å²) in [5.74, 6) is -0.366. The van der Waals surface area contributed by atoms with Gasteiger partial charge in [-0.25, -0.2) is 4.98 Å². The maximum absolute atomic E-state index is 12.4. The summed E-state index contributed by atoms with van der Waals surface area (Å²) in [6.45, 7) is 2.60. The van der Waals surface area contributed by atoms with Gasteiger partial charge in [0, 0.05) is 38.9 Å². The normalized spacial score (nSPS) is 10.6. The first-order chi connectivity index (χ1) is 14.0. The highest BCUT2D eigenvalue weighted by Crippen LogP contribution is 2.16. The Kier molecular flexibility index (Phi) is 7.55. The number of anilines is 1. The smallest absolute Gasteiger partial charge is 0.255 e. The van der Waals surface area contributed by atoms with Crippen LogP contribution < -0.4 is 10.6 Å². The SMILES string of the molecule is Cc1csc(CCCCNC(=O)c2cccc(NC(=O)c3cccc(Br)c3)c2)n1. The van der Waals surface area contributed by atoms with Gasteiger partial charge in [-0.3, -0.25) is 9.59 Å². The van der Waals surface area contributed by atoms with Gasteiger partial charge in [-0.05, 0) is 62.6 Å². The van der Waals surface area contributed by atoms with Crippen LogP contribution >= 0.6 is 27.3 Å². The zero-order valence-corrected chi connectivity index (χ0v) is 18.5. The molecule has 0 saturated carbocycles. The van der Waals surface area contributed by atoms with Crippen molar-refractivity contribution >= 4 is 44.8 Å². The highest BCUT2D eigenvalue weighted by Gasteiger charge is 2.09. The first-order valence-corrected chi connectivity index (χ1v) is 11.0. The molecule has 1 aromatic heterocycles. The van der Waals surface area contributed by atoms with E-state index in [1.54, 1.807) is 53.8 Å². The minimum Gasteiger partial charge on any atom is -0.352 e. The largest absolute Gasteiger partial charge is 0.352 e. The Labute approximate surface area is 182 Å². The van der Waals surface area contributed by atoms with Gasteiger partial charge in [-0.15, -0.1) is 11.3 Å². The zero-order chi connectivity index (χ0) is 20.6. The molecule has 2 amide bonds. The number of benzene rings is 2. The lowest BCUT2D eigenvalue weighted by molar-refractivity contribution is 0.0951. The fraction of sp³-hybridized carbons (Fsp3) is 0.227. The van der Waals surface area contributed by atoms with Gasteiger partial charge in [0.25, 0.3) is 11.8 Å². The maximum atomic E-state index is 12.4. The molecule has 3 rings (SSSR count). The number of hydrogen-bond donors (Lipinski definition) is 2. The van der Waals surface area contributed by atoms with Gasteiger partial charge in [0.05, 0.1) is 5.01 Å². The molecule has 1 heterocycles. The van der Waals surface area contributed by atoms with Gasteiger partial charge in [-0.2, -0.15) is 0 Å². The Morgan fingerprint density at radius 1 is 1.03 bits per heavy atom. The molecule has 3 aromatic rings. The van der Waals surface area contributed by atoms with E-state index in [0.29, 0.717) is 23.4 Å². The predicted molar refractivity (Wildman–Crippen MR) is 121 cm³/mol. The lowest BCUT2D eigenvalue weighted by Crippen LogP contribution is -2.24. The molecular formula is C22H22BrN3O2S. The number of hydrogen-bond acceptors (Lipinski definition) is 4. The molecule has 2 aromatic carbocycles. The van der Waals surface area contributed by atoms with Crippen LogP contribution in [-0.2, 0) is 6.42 Å². The molecule has 5 nitrogen and oxygen atoms in total. The van der Waals surface area contributed by atoms with Crippen LogP contribution in [0, 0.1) is 6.92 Å². The van der Waals surface area contributed by atoms with E-state index in [4.69, 9.17) is 0 Å². The zero-order valence-electron chi connectivity index (χ0n) is 16.1. The van der Waals surface area contributed by atoms with Crippen LogP contribution in [0.2, 0.25) is 0 Å². The van der Waals surface area contributed by atoms with Crippen LogP contribution in [0.4, 0.5) is 5.69 Å². The van der Waals surface area contributed by atoms with Gasteiger partial charge in [0.15, 0.2) is 0 Å². The first-order valence-electron chi connectivity index (χ1n) is 9.37. The van der Waals surface area contributed by atoms with Crippen LogP contribution in [0.15, 0.2) is 58.4 Å². The van der Waals surface area contributed by atoms with Crippen LogP contribution in [0.25, 0.3) is 0 Å². The Morgan fingerprint density at radius 3 is 2.52 bits per heavy atom. The van der Waals surface area contributed by atoms with E-state index >= 15 is 0 Å². The number of unbranched alkanes of at least 4 members (excludes halogenated alkanes) is 1. The second kappa shape index (κ2) is 10.3. The lowest BCUT2D eigenvalue weighted by atomic mass is 10.1. The molecule has 150 valence electrons. The summed E-state index contributed by atoms with van der Waals surface area (Å²) in [6.07, 6.45) is 2.81. The monoisotopic (exact) mass is 471 g/mol. The van der Waals surface area contributed by atoms with Crippen molar-refractivity contribution in [1.82, 2.24) is 10.3 Å². The molecule has 0 unspecified atom stereocenters. The summed E-state index contributed by atoms with van der Waals surface area (Å²) in [5.41, 5.74) is 2.71. The Bertz CT molecular complexity index is 1000. The maximum Gasteiger partial charge on any atom is 0.255 e. The van der Waals surface area contributed by atoms with E-state index < -0.39 is 0 Å². The second-order valence-electron chi connectivity index (χ2n) is 6.64. The summed E-state index contributed by atoms with van der Waals surface area (Å²) < 4.78 is 0.836. The highest BCUT2D eigenvalue weighted by atomic mass is 79.9. The van der Waals surface area contributed by atoms with Crippen molar-refractivity contribution < 1.29 is 9.59 Å². The Hall–Kier alpha value is -2.51. The Balaban J connectivity index is 1.48. The summed E-state index contributed by atoms with van der Waals surface area (Å²) in [5, 5.41) is 8.96. The van der Waals surface area contributed by atoms with E-state index in [1.807, 2.05) is 13.0 Å². The summed E-state index contributed by atoms with van der Waals surface area (Å²) >= 11 is 5.04. The molecule has 29 heavy (non-hydrogen) atoms. The molecule has 0 bridgehead atoms. The number of nitrogens with zero attached hydrogens (tertiary/aromatic N) is 1. The third-order valence-corrected chi connectivity index (χ3v) is 5.76. The fourth-order valence-corrected chi connectivity index (χ4v) is 4.01. The molecule has 0 atom stereocenters. The molecule has 0 radical (unpaired) electrons. The lowest BCUT2D eigenvalue weighted by Gasteiger charge is -2.09. The van der Waals surface area contributed by atoms with E-state index in [1.165, 1.54) is 0 Å². The number of nitrogens with one attached hydrogen (secondary N) is 2. The number of amides is 2. The first kappa shape index (κ1) is 21.2. The van der Waals surface area contributed by atoms with Crippen molar-refractivity contribution in [1.29, 1.82) is 0 Å². The average Bonchev–Trinajstić information content (AvgIpc) is 3.13. The summed E-state index contributed by atoms with van der Waals surface area (Å²) in [7, 11) is 0. The molecule has 0 aliphatic heterocycles. The van der Waals surface area contributed by atoms with E-state index in [9.17, 15) is 9.59 Å². The van der Waals surface area contributed by atoms with E-state index in [0.717, 1.165) is 34.4 Å². The highest BCUT2D eigenvalue weighted by molar-refractivity contribution is 9.10. The third kappa shape index (κ3) is 6.51. The number of carbonyl (C=O) groups excluding carboxylic acids is 2. The van der Waals surface area contributed by atoms with Gasteiger partial charge in [-0.1, -0.05) is 28.1 Å². The number of aryl methyl sites for hydroxylation is 2. The van der Waals surface area contributed by atoms with Crippen molar-refractivity contribution in [2.45, 2.75) is 26.2 Å². The molecule has 0 saturated heterocycles. The molecule has 0 spiro atoms. The molecule has 0 fully saturated rings. The molecular weight excluding hydrogens is 450 g/mol. The Morgan fingerprint density at radius 2 is 1.79 bits per heavy atom. The van der Waals surface area contributed by atoms with Gasteiger partial charge >= 0.3 is 0 Å². The minimum absolute atomic E-state index is 0.145. The van der Waals surface area contributed by atoms with Crippen molar-refractivity contribution in [2.24, 2.45) is 0 Å². The van der Waals surface area contributed by atoms with E-state index in [2.05, 4.69) is 36.9 Å². The van der Waals surface area contributed by atoms with E-state index in [-0.39, 0.29) is 11.8 Å².